The van der Waals surface area contributed by atoms with Crippen LogP contribution in [0.4, 0.5) is 0 Å². The number of aromatic nitrogens is 2. The number of aryl methyl sites for hydroxylation is 1. The SMILES string of the molecule is Cc1cccc(C(=O)N/N=C(/c2nc3cc(Cl)ccc3[nH]c2=O)C(O)C(O)CO)c1. The van der Waals surface area contributed by atoms with Crippen LogP contribution in [0.15, 0.2) is 52.4 Å². The number of hydrazone groups is 1. The summed E-state index contributed by atoms with van der Waals surface area (Å²) in [7, 11) is 0. The molecule has 0 spiro atoms. The van der Waals surface area contributed by atoms with Crippen LogP contribution in [0.3, 0.4) is 0 Å². The second-order valence-electron chi connectivity index (χ2n) is 6.58. The number of benzene rings is 2. The summed E-state index contributed by atoms with van der Waals surface area (Å²) in [5, 5.41) is 33.7. The van der Waals surface area contributed by atoms with Crippen molar-refractivity contribution in [1.29, 1.82) is 0 Å². The maximum absolute atomic E-state index is 12.5. The number of H-pyrrole nitrogens is 1. The van der Waals surface area contributed by atoms with Gasteiger partial charge in [-0.25, -0.2) is 10.4 Å². The van der Waals surface area contributed by atoms with E-state index in [9.17, 15) is 24.9 Å². The molecule has 1 aromatic heterocycles. The molecular formula is C20H19ClN4O5. The highest BCUT2D eigenvalue weighted by Gasteiger charge is 2.27. The summed E-state index contributed by atoms with van der Waals surface area (Å²) in [6.45, 7) is 1.01. The van der Waals surface area contributed by atoms with Crippen molar-refractivity contribution in [3.8, 4) is 0 Å². The molecule has 1 heterocycles. The second kappa shape index (κ2) is 9.14. The van der Waals surface area contributed by atoms with Gasteiger partial charge in [-0.3, -0.25) is 9.59 Å². The number of rotatable bonds is 6. The van der Waals surface area contributed by atoms with Crippen LogP contribution in [-0.4, -0.2) is 55.7 Å². The lowest BCUT2D eigenvalue weighted by atomic mass is 10.1. The second-order valence-corrected chi connectivity index (χ2v) is 7.01. The Morgan fingerprint density at radius 1 is 1.27 bits per heavy atom. The fraction of sp³-hybridized carbons (Fsp3) is 0.200. The Morgan fingerprint density at radius 3 is 2.73 bits per heavy atom. The minimum absolute atomic E-state index is 0.306. The molecule has 0 saturated carbocycles. The first-order valence-corrected chi connectivity index (χ1v) is 9.29. The number of nitrogens with one attached hydrogen (secondary N) is 2. The summed E-state index contributed by atoms with van der Waals surface area (Å²) in [4.78, 5) is 31.7. The third-order valence-corrected chi connectivity index (χ3v) is 4.52. The van der Waals surface area contributed by atoms with E-state index in [4.69, 9.17) is 11.6 Å². The zero-order valence-electron chi connectivity index (χ0n) is 15.8. The molecule has 2 unspecified atom stereocenters. The normalized spacial score (nSPS) is 13.8. The standard InChI is InChI=1S/C20H19ClN4O5/c1-10-3-2-4-11(7-10)19(29)25-24-16(18(28)15(27)9-26)17-20(30)23-13-6-5-12(21)8-14(13)22-17/h2-8,15,18,26-28H,9H2,1H3,(H,23,30)(H,25,29)/b24-16-. The smallest absolute Gasteiger partial charge is 0.276 e. The molecule has 0 saturated heterocycles. The van der Waals surface area contributed by atoms with Gasteiger partial charge in [-0.1, -0.05) is 29.3 Å². The Morgan fingerprint density at radius 2 is 2.03 bits per heavy atom. The monoisotopic (exact) mass is 430 g/mol. The molecule has 10 heteroatoms. The van der Waals surface area contributed by atoms with Crippen molar-refractivity contribution in [2.24, 2.45) is 5.10 Å². The van der Waals surface area contributed by atoms with Gasteiger partial charge in [-0.15, -0.1) is 0 Å². The molecule has 9 nitrogen and oxygen atoms in total. The number of fused-ring (bicyclic) bond motifs is 1. The zero-order valence-corrected chi connectivity index (χ0v) is 16.6. The number of aliphatic hydroxyl groups excluding tert-OH is 3. The van der Waals surface area contributed by atoms with E-state index in [2.05, 4.69) is 20.5 Å². The highest BCUT2D eigenvalue weighted by atomic mass is 35.5. The Bertz CT molecular complexity index is 1180. The number of hydrogen-bond donors (Lipinski definition) is 5. The van der Waals surface area contributed by atoms with Crippen LogP contribution in [0.25, 0.3) is 11.0 Å². The van der Waals surface area contributed by atoms with Crippen LogP contribution in [0, 0.1) is 6.92 Å². The lowest BCUT2D eigenvalue weighted by molar-refractivity contribution is 0.0183. The molecule has 0 bridgehead atoms. The summed E-state index contributed by atoms with van der Waals surface area (Å²) in [6.07, 6.45) is -3.45. The van der Waals surface area contributed by atoms with Gasteiger partial charge in [0.25, 0.3) is 11.5 Å². The van der Waals surface area contributed by atoms with Crippen LogP contribution in [0.1, 0.15) is 21.6 Å². The Kier molecular flexibility index (Phi) is 6.58. The average Bonchev–Trinajstić information content (AvgIpc) is 2.73. The predicted octanol–water partition coefficient (Wildman–Crippen LogP) is 0.733. The Hall–Kier alpha value is -3.11. The van der Waals surface area contributed by atoms with Crippen molar-refractivity contribution in [3.05, 3.63) is 74.7 Å². The van der Waals surface area contributed by atoms with Gasteiger partial charge in [0.2, 0.25) is 0 Å². The molecule has 30 heavy (non-hydrogen) atoms. The molecule has 0 aliphatic carbocycles. The van der Waals surface area contributed by atoms with Gasteiger partial charge < -0.3 is 20.3 Å². The molecule has 3 rings (SSSR count). The minimum atomic E-state index is -1.79. The van der Waals surface area contributed by atoms with Crippen molar-refractivity contribution >= 4 is 34.3 Å². The number of halogens is 1. The van der Waals surface area contributed by atoms with Crippen molar-refractivity contribution in [2.75, 3.05) is 6.61 Å². The summed E-state index contributed by atoms with van der Waals surface area (Å²) in [5.74, 6) is -0.595. The van der Waals surface area contributed by atoms with Gasteiger partial charge in [0.15, 0.2) is 5.69 Å². The van der Waals surface area contributed by atoms with Crippen molar-refractivity contribution in [1.82, 2.24) is 15.4 Å². The summed E-state index contributed by atoms with van der Waals surface area (Å²) >= 11 is 5.97. The third kappa shape index (κ3) is 4.71. The van der Waals surface area contributed by atoms with Crippen LogP contribution < -0.4 is 11.0 Å². The average molecular weight is 431 g/mol. The molecule has 0 fully saturated rings. The first-order valence-electron chi connectivity index (χ1n) is 8.91. The van der Waals surface area contributed by atoms with E-state index >= 15 is 0 Å². The summed E-state index contributed by atoms with van der Waals surface area (Å²) in [5.41, 5.74) is 2.65. The molecule has 2 atom stereocenters. The maximum Gasteiger partial charge on any atom is 0.276 e. The Balaban J connectivity index is 2.05. The van der Waals surface area contributed by atoms with E-state index in [-0.39, 0.29) is 5.69 Å². The topological polar surface area (TPSA) is 148 Å². The van der Waals surface area contributed by atoms with Crippen LogP contribution in [-0.2, 0) is 0 Å². The van der Waals surface area contributed by atoms with Crippen molar-refractivity contribution in [3.63, 3.8) is 0 Å². The quantitative estimate of drug-likeness (QED) is 0.287. The largest absolute Gasteiger partial charge is 0.394 e. The number of aromatic amines is 1. The minimum Gasteiger partial charge on any atom is -0.394 e. The fourth-order valence-corrected chi connectivity index (χ4v) is 2.90. The Labute approximate surface area is 175 Å². The molecule has 0 radical (unpaired) electrons. The van der Waals surface area contributed by atoms with E-state index in [0.717, 1.165) is 5.56 Å². The van der Waals surface area contributed by atoms with E-state index in [0.29, 0.717) is 21.6 Å². The van der Waals surface area contributed by atoms with E-state index in [1.165, 1.54) is 6.07 Å². The van der Waals surface area contributed by atoms with E-state index < -0.39 is 36.0 Å². The number of amides is 1. The first kappa shape index (κ1) is 21.6. The number of nitrogens with zero attached hydrogens (tertiary/aromatic N) is 2. The molecule has 0 aliphatic heterocycles. The van der Waals surface area contributed by atoms with Gasteiger partial charge in [-0.05, 0) is 37.3 Å². The predicted molar refractivity (Wildman–Crippen MR) is 112 cm³/mol. The van der Waals surface area contributed by atoms with E-state index in [1.54, 1.807) is 30.3 Å². The van der Waals surface area contributed by atoms with Crippen LogP contribution in [0.2, 0.25) is 5.02 Å². The van der Waals surface area contributed by atoms with Crippen LogP contribution >= 0.6 is 11.6 Å². The maximum atomic E-state index is 12.5. The summed E-state index contributed by atoms with van der Waals surface area (Å²) in [6, 6.07) is 11.3. The lowest BCUT2D eigenvalue weighted by Crippen LogP contribution is -2.41. The van der Waals surface area contributed by atoms with Gasteiger partial charge in [0, 0.05) is 10.6 Å². The molecule has 2 aromatic carbocycles. The third-order valence-electron chi connectivity index (χ3n) is 4.29. The number of hydrogen-bond acceptors (Lipinski definition) is 7. The first-order chi connectivity index (χ1) is 14.3. The van der Waals surface area contributed by atoms with Crippen molar-refractivity contribution < 1.29 is 20.1 Å². The van der Waals surface area contributed by atoms with Crippen molar-refractivity contribution in [2.45, 2.75) is 19.1 Å². The number of aliphatic hydroxyl groups is 3. The number of carbonyl (C=O) groups excluding carboxylic acids is 1. The van der Waals surface area contributed by atoms with E-state index in [1.807, 2.05) is 13.0 Å². The molecule has 156 valence electrons. The molecule has 3 aromatic rings. The van der Waals surface area contributed by atoms with Gasteiger partial charge >= 0.3 is 0 Å². The lowest BCUT2D eigenvalue weighted by Gasteiger charge is -2.17. The number of carbonyl (C=O) groups is 1. The molecule has 0 aliphatic rings. The van der Waals surface area contributed by atoms with Gasteiger partial charge in [-0.2, -0.15) is 5.10 Å². The van der Waals surface area contributed by atoms with Gasteiger partial charge in [0.1, 0.15) is 17.9 Å². The fourth-order valence-electron chi connectivity index (χ4n) is 2.73. The molecule has 1 amide bonds. The molecule has 5 N–H and O–H groups in total. The summed E-state index contributed by atoms with van der Waals surface area (Å²) < 4.78 is 0. The zero-order chi connectivity index (χ0) is 21.8. The molecular weight excluding hydrogens is 412 g/mol. The highest BCUT2D eigenvalue weighted by Crippen LogP contribution is 2.15. The highest BCUT2D eigenvalue weighted by molar-refractivity contribution is 6.31. The van der Waals surface area contributed by atoms with Gasteiger partial charge in [0.05, 0.1) is 17.6 Å². The van der Waals surface area contributed by atoms with Crippen LogP contribution in [0.5, 0.6) is 0 Å².